The quantitative estimate of drug-likeness (QED) is 0.521. The number of rotatable bonds is 8. The van der Waals surface area contributed by atoms with Crippen molar-refractivity contribution in [2.45, 2.75) is 71.7 Å². The van der Waals surface area contributed by atoms with E-state index < -0.39 is 8.32 Å². The molecule has 19 heavy (non-hydrogen) atoms. The van der Waals surface area contributed by atoms with Crippen molar-refractivity contribution in [3.63, 3.8) is 0 Å². The van der Waals surface area contributed by atoms with Gasteiger partial charge >= 0.3 is 0 Å². The molecule has 114 valence electrons. The molecule has 0 aliphatic rings. The van der Waals surface area contributed by atoms with E-state index >= 15 is 0 Å². The highest BCUT2D eigenvalue weighted by Gasteiger charge is 2.37. The van der Waals surface area contributed by atoms with Crippen LogP contribution in [0.1, 0.15) is 47.5 Å². The van der Waals surface area contributed by atoms with Crippen molar-refractivity contribution in [3.8, 4) is 0 Å². The van der Waals surface area contributed by atoms with Crippen LogP contribution >= 0.6 is 0 Å². The maximum atomic E-state index is 9.92. The van der Waals surface area contributed by atoms with Gasteiger partial charge in [-0.3, -0.25) is 0 Å². The van der Waals surface area contributed by atoms with Crippen LogP contribution in [-0.4, -0.2) is 26.1 Å². The highest BCUT2D eigenvalue weighted by Crippen LogP contribution is 2.36. The first-order valence-corrected chi connectivity index (χ1v) is 10.4. The molecule has 0 radical (unpaired) electrons. The second kappa shape index (κ2) is 7.60. The minimum atomic E-state index is -1.63. The van der Waals surface area contributed by atoms with Crippen LogP contribution < -0.4 is 0 Å². The van der Waals surface area contributed by atoms with E-state index in [1.54, 1.807) is 0 Å². The van der Waals surface area contributed by atoms with Crippen LogP contribution in [0.15, 0.2) is 12.7 Å². The summed E-state index contributed by atoms with van der Waals surface area (Å²) in [6.45, 7) is 20.1. The lowest BCUT2D eigenvalue weighted by atomic mass is 9.96. The fourth-order valence-corrected chi connectivity index (χ4v) is 2.66. The van der Waals surface area contributed by atoms with E-state index in [2.05, 4.69) is 47.4 Å². The lowest BCUT2D eigenvalue weighted by molar-refractivity contribution is 0.114. The lowest BCUT2D eigenvalue weighted by Crippen LogP contribution is -2.41. The maximum absolute atomic E-state index is 9.92. The third-order valence-corrected chi connectivity index (χ3v) is 8.97. The van der Waals surface area contributed by atoms with Crippen molar-refractivity contribution >= 4 is 8.32 Å². The van der Waals surface area contributed by atoms with Crippen LogP contribution in [0, 0.1) is 11.8 Å². The normalized spacial score (nSPS) is 17.9. The van der Waals surface area contributed by atoms with Gasteiger partial charge in [0.15, 0.2) is 8.32 Å². The van der Waals surface area contributed by atoms with Crippen molar-refractivity contribution in [1.29, 1.82) is 0 Å². The largest absolute Gasteiger partial charge is 0.417 e. The van der Waals surface area contributed by atoms with Gasteiger partial charge in [-0.1, -0.05) is 40.7 Å². The van der Waals surface area contributed by atoms with Crippen LogP contribution in [0.4, 0.5) is 0 Å². The third-order valence-electron chi connectivity index (χ3n) is 4.47. The first kappa shape index (κ1) is 18.9. The van der Waals surface area contributed by atoms with Gasteiger partial charge in [-0.25, -0.2) is 0 Å². The molecule has 0 aliphatic carbocycles. The van der Waals surface area contributed by atoms with Crippen LogP contribution in [0.3, 0.4) is 0 Å². The fraction of sp³-hybridized carbons (Fsp3) is 0.875. The van der Waals surface area contributed by atoms with Gasteiger partial charge in [-0.2, -0.15) is 0 Å². The Morgan fingerprint density at radius 1 is 1.21 bits per heavy atom. The summed E-state index contributed by atoms with van der Waals surface area (Å²) in [5, 5.41) is 10.2. The summed E-state index contributed by atoms with van der Waals surface area (Å²) in [5.74, 6) is 0.675. The van der Waals surface area contributed by atoms with E-state index in [4.69, 9.17) is 4.43 Å². The monoisotopic (exact) mass is 286 g/mol. The molecule has 3 atom stereocenters. The molecule has 0 spiro atoms. The number of hydrogen-bond donors (Lipinski definition) is 1. The van der Waals surface area contributed by atoms with Crippen LogP contribution in [0.25, 0.3) is 0 Å². The Labute approximate surface area is 121 Å². The summed E-state index contributed by atoms with van der Waals surface area (Å²) < 4.78 is 6.21. The molecule has 0 aromatic carbocycles. The standard InChI is InChI=1S/C16H34O2Si/c1-9-14(3)15(17)11-10-13(2)12-18-19(7,8)16(4,5)6/h9,13-15,17H,1,10-12H2,2-8H3/t13-,14-,15+/m1/s1. The molecule has 0 unspecified atom stereocenters. The van der Waals surface area contributed by atoms with E-state index in [1.165, 1.54) is 0 Å². The zero-order valence-electron chi connectivity index (χ0n) is 14.0. The van der Waals surface area contributed by atoms with E-state index in [0.717, 1.165) is 19.4 Å². The lowest BCUT2D eigenvalue weighted by Gasteiger charge is -2.37. The molecule has 0 aromatic heterocycles. The molecule has 1 N–H and O–H groups in total. The average Bonchev–Trinajstić information content (AvgIpc) is 2.30. The van der Waals surface area contributed by atoms with Gasteiger partial charge in [0, 0.05) is 6.61 Å². The van der Waals surface area contributed by atoms with Gasteiger partial charge in [0.1, 0.15) is 0 Å². The molecule has 0 aromatic rings. The Kier molecular flexibility index (Phi) is 7.55. The molecule has 0 saturated heterocycles. The molecule has 0 fully saturated rings. The third kappa shape index (κ3) is 6.73. The zero-order chi connectivity index (χ0) is 15.3. The van der Waals surface area contributed by atoms with Gasteiger partial charge in [0.2, 0.25) is 0 Å². The molecule has 0 bridgehead atoms. The van der Waals surface area contributed by atoms with Crippen LogP contribution in [-0.2, 0) is 4.43 Å². The molecule has 0 rings (SSSR count). The summed E-state index contributed by atoms with van der Waals surface area (Å²) in [5.41, 5.74) is 0. The summed E-state index contributed by atoms with van der Waals surface area (Å²) in [6.07, 6.45) is 3.39. The molecule has 2 nitrogen and oxygen atoms in total. The Balaban J connectivity index is 4.07. The number of aliphatic hydroxyl groups is 1. The summed E-state index contributed by atoms with van der Waals surface area (Å²) >= 11 is 0. The molecule has 0 heterocycles. The smallest absolute Gasteiger partial charge is 0.191 e. The van der Waals surface area contributed by atoms with Crippen molar-refractivity contribution in [3.05, 3.63) is 12.7 Å². The van der Waals surface area contributed by atoms with Crippen molar-refractivity contribution < 1.29 is 9.53 Å². The molecule has 0 aliphatic heterocycles. The molecule has 0 amide bonds. The first-order valence-electron chi connectivity index (χ1n) is 7.46. The Hall–Kier alpha value is -0.123. The topological polar surface area (TPSA) is 29.5 Å². The van der Waals surface area contributed by atoms with Gasteiger partial charge in [-0.05, 0) is 42.8 Å². The highest BCUT2D eigenvalue weighted by atomic mass is 28.4. The van der Waals surface area contributed by atoms with Crippen molar-refractivity contribution in [1.82, 2.24) is 0 Å². The maximum Gasteiger partial charge on any atom is 0.191 e. The predicted octanol–water partition coefficient (Wildman–Crippen LogP) is 4.61. The Morgan fingerprint density at radius 3 is 2.16 bits per heavy atom. The minimum absolute atomic E-state index is 0.175. The van der Waals surface area contributed by atoms with E-state index in [1.807, 2.05) is 13.0 Å². The fourth-order valence-electron chi connectivity index (χ4n) is 1.53. The van der Waals surface area contributed by atoms with E-state index in [0.29, 0.717) is 5.92 Å². The minimum Gasteiger partial charge on any atom is -0.417 e. The summed E-state index contributed by atoms with van der Waals surface area (Å²) in [6, 6.07) is 0. The molecular formula is C16H34O2Si. The van der Waals surface area contributed by atoms with Crippen LogP contribution in [0.2, 0.25) is 18.1 Å². The Morgan fingerprint density at radius 2 is 1.74 bits per heavy atom. The van der Waals surface area contributed by atoms with Gasteiger partial charge in [0.25, 0.3) is 0 Å². The van der Waals surface area contributed by atoms with Crippen LogP contribution in [0.5, 0.6) is 0 Å². The van der Waals surface area contributed by atoms with Crippen molar-refractivity contribution in [2.75, 3.05) is 6.61 Å². The number of aliphatic hydroxyl groups excluding tert-OH is 1. The summed E-state index contributed by atoms with van der Waals surface area (Å²) in [7, 11) is -1.63. The van der Waals surface area contributed by atoms with Gasteiger partial charge < -0.3 is 9.53 Å². The van der Waals surface area contributed by atoms with E-state index in [-0.39, 0.29) is 17.1 Å². The SMILES string of the molecule is C=C[C@@H](C)[C@@H](O)CC[C@@H](C)CO[Si](C)(C)C(C)(C)C. The summed E-state index contributed by atoms with van der Waals surface area (Å²) in [4.78, 5) is 0. The van der Waals surface area contributed by atoms with E-state index in [9.17, 15) is 5.11 Å². The molecule has 0 saturated carbocycles. The highest BCUT2D eigenvalue weighted by molar-refractivity contribution is 6.74. The zero-order valence-corrected chi connectivity index (χ0v) is 15.0. The average molecular weight is 287 g/mol. The number of hydrogen-bond acceptors (Lipinski definition) is 2. The van der Waals surface area contributed by atoms with Gasteiger partial charge in [-0.15, -0.1) is 6.58 Å². The van der Waals surface area contributed by atoms with Gasteiger partial charge in [0.05, 0.1) is 6.10 Å². The molecular weight excluding hydrogens is 252 g/mol. The van der Waals surface area contributed by atoms with Crippen molar-refractivity contribution in [2.24, 2.45) is 11.8 Å². The molecule has 3 heteroatoms. The second-order valence-corrected chi connectivity index (χ2v) is 12.2. The predicted molar refractivity (Wildman–Crippen MR) is 86.9 cm³/mol. The Bertz CT molecular complexity index is 268. The second-order valence-electron chi connectivity index (χ2n) is 7.42. The first-order chi connectivity index (χ1) is 8.51.